The van der Waals surface area contributed by atoms with Gasteiger partial charge in [0.15, 0.2) is 0 Å². The Bertz CT molecular complexity index is 655. The smallest absolute Gasteiger partial charge is 0.331 e. The third kappa shape index (κ3) is 5.79. The molecule has 1 aliphatic rings. The van der Waals surface area contributed by atoms with E-state index < -0.39 is 5.54 Å². The number of anilines is 1. The molecule has 1 heterocycles. The molecule has 7 heteroatoms. The van der Waals surface area contributed by atoms with E-state index in [2.05, 4.69) is 13.8 Å². The van der Waals surface area contributed by atoms with Crippen molar-refractivity contribution >= 4 is 23.5 Å². The van der Waals surface area contributed by atoms with Crippen LogP contribution in [-0.4, -0.2) is 59.9 Å². The summed E-state index contributed by atoms with van der Waals surface area (Å²) in [5, 5.41) is 0. The van der Waals surface area contributed by atoms with Crippen molar-refractivity contribution in [2.75, 3.05) is 31.6 Å². The van der Waals surface area contributed by atoms with Crippen LogP contribution in [0.3, 0.4) is 0 Å². The van der Waals surface area contributed by atoms with Gasteiger partial charge in [-0.2, -0.15) is 0 Å². The van der Waals surface area contributed by atoms with Crippen LogP contribution in [0.2, 0.25) is 0 Å². The predicted octanol–water partition coefficient (Wildman–Crippen LogP) is 2.85. The van der Waals surface area contributed by atoms with Crippen LogP contribution in [0.5, 0.6) is 0 Å². The highest BCUT2D eigenvalue weighted by Crippen LogP contribution is 2.34. The zero-order valence-electron chi connectivity index (χ0n) is 17.8. The van der Waals surface area contributed by atoms with Gasteiger partial charge < -0.3 is 10.6 Å². The van der Waals surface area contributed by atoms with Crippen LogP contribution in [0.1, 0.15) is 47.0 Å². The fourth-order valence-electron chi connectivity index (χ4n) is 3.11. The maximum absolute atomic E-state index is 13.0. The van der Waals surface area contributed by atoms with Gasteiger partial charge in [-0.3, -0.25) is 19.4 Å². The number of piperidine rings is 1. The van der Waals surface area contributed by atoms with Gasteiger partial charge in [0, 0.05) is 32.7 Å². The molecule has 156 valence electrons. The molecule has 7 nitrogen and oxygen atoms in total. The summed E-state index contributed by atoms with van der Waals surface area (Å²) < 4.78 is 0. The second kappa shape index (κ2) is 10.8. The molecular weight excluding hydrogens is 356 g/mol. The standard InChI is InChI=1S/C18H26N4O3.C3H8/c1-14(23)20(3)17(25)22(15-7-5-4-6-8-15)18(2)9-11-21(12-10-18)16(24)13-19;1-3-2/h4-8H,9-13,19H2,1-3H3;3H2,1-2H3. The number of carbonyl (C=O) groups is 3. The average molecular weight is 391 g/mol. The molecule has 28 heavy (non-hydrogen) atoms. The molecule has 0 bridgehead atoms. The number of imide groups is 1. The Morgan fingerprint density at radius 3 is 2.04 bits per heavy atom. The van der Waals surface area contributed by atoms with Gasteiger partial charge in [0.05, 0.1) is 12.1 Å². The van der Waals surface area contributed by atoms with Crippen molar-refractivity contribution in [2.45, 2.75) is 52.5 Å². The summed E-state index contributed by atoms with van der Waals surface area (Å²) in [5.74, 6) is -0.397. The number of nitrogens with two attached hydrogens (primary N) is 1. The Hall–Kier alpha value is -2.41. The fraction of sp³-hybridized carbons (Fsp3) is 0.571. The number of likely N-dealkylation sites (tertiary alicyclic amines) is 1. The lowest BCUT2D eigenvalue weighted by Gasteiger charge is -2.47. The third-order valence-corrected chi connectivity index (χ3v) is 4.87. The van der Waals surface area contributed by atoms with Gasteiger partial charge in [-0.1, -0.05) is 38.5 Å². The SMILES string of the molecule is CC(=O)N(C)C(=O)N(c1ccccc1)C1(C)CCN(C(=O)CN)CC1.CCC. The summed E-state index contributed by atoms with van der Waals surface area (Å²) in [6.45, 7) is 8.67. The van der Waals surface area contributed by atoms with Crippen molar-refractivity contribution in [3.8, 4) is 0 Å². The van der Waals surface area contributed by atoms with Crippen LogP contribution >= 0.6 is 0 Å². The maximum Gasteiger partial charge on any atom is 0.331 e. The first-order valence-corrected chi connectivity index (χ1v) is 9.83. The van der Waals surface area contributed by atoms with Crippen molar-refractivity contribution in [3.05, 3.63) is 30.3 Å². The zero-order valence-corrected chi connectivity index (χ0v) is 17.8. The number of carbonyl (C=O) groups excluding carboxylic acids is 3. The summed E-state index contributed by atoms with van der Waals surface area (Å²) in [5.41, 5.74) is 5.69. The van der Waals surface area contributed by atoms with Crippen molar-refractivity contribution in [1.82, 2.24) is 9.80 Å². The number of nitrogens with zero attached hydrogens (tertiary/aromatic N) is 3. The van der Waals surface area contributed by atoms with E-state index in [1.54, 1.807) is 9.80 Å². The molecule has 0 atom stereocenters. The Balaban J connectivity index is 0.00000122. The first kappa shape index (κ1) is 23.6. The molecular formula is C21H34N4O3. The summed E-state index contributed by atoms with van der Waals surface area (Å²) in [6.07, 6.45) is 2.48. The summed E-state index contributed by atoms with van der Waals surface area (Å²) >= 11 is 0. The van der Waals surface area contributed by atoms with E-state index in [0.29, 0.717) is 25.9 Å². The molecule has 0 unspecified atom stereocenters. The highest BCUT2D eigenvalue weighted by atomic mass is 16.2. The van der Waals surface area contributed by atoms with Gasteiger partial charge in [0.25, 0.3) is 0 Å². The fourth-order valence-corrected chi connectivity index (χ4v) is 3.11. The van der Waals surface area contributed by atoms with Gasteiger partial charge >= 0.3 is 6.03 Å². The van der Waals surface area contributed by atoms with Crippen LogP contribution in [0, 0.1) is 0 Å². The lowest BCUT2D eigenvalue weighted by molar-refractivity contribution is -0.131. The normalized spacial score (nSPS) is 15.1. The summed E-state index contributed by atoms with van der Waals surface area (Å²) in [4.78, 5) is 41.0. The Morgan fingerprint density at radius 2 is 1.61 bits per heavy atom. The first-order chi connectivity index (χ1) is 13.2. The van der Waals surface area contributed by atoms with Gasteiger partial charge in [-0.15, -0.1) is 0 Å². The van der Waals surface area contributed by atoms with Crippen LogP contribution < -0.4 is 10.6 Å². The Morgan fingerprint density at radius 1 is 1.11 bits per heavy atom. The second-order valence-corrected chi connectivity index (χ2v) is 7.32. The van der Waals surface area contributed by atoms with Crippen LogP contribution in [-0.2, 0) is 9.59 Å². The number of hydrogen-bond donors (Lipinski definition) is 1. The average Bonchev–Trinajstić information content (AvgIpc) is 2.68. The quantitative estimate of drug-likeness (QED) is 0.860. The minimum absolute atomic E-state index is 0.00881. The second-order valence-electron chi connectivity index (χ2n) is 7.32. The molecule has 4 amide bonds. The van der Waals surface area contributed by atoms with E-state index in [9.17, 15) is 14.4 Å². The minimum Gasteiger partial charge on any atom is -0.341 e. The Kier molecular flexibility index (Phi) is 9.12. The van der Waals surface area contributed by atoms with Crippen molar-refractivity contribution in [3.63, 3.8) is 0 Å². The first-order valence-electron chi connectivity index (χ1n) is 9.83. The topological polar surface area (TPSA) is 87.0 Å². The highest BCUT2D eigenvalue weighted by Gasteiger charge is 2.41. The lowest BCUT2D eigenvalue weighted by atomic mass is 9.87. The molecule has 2 rings (SSSR count). The molecule has 0 spiro atoms. The number of urea groups is 1. The number of rotatable bonds is 3. The van der Waals surface area contributed by atoms with Crippen molar-refractivity contribution < 1.29 is 14.4 Å². The maximum atomic E-state index is 13.0. The van der Waals surface area contributed by atoms with Gasteiger partial charge in [0.1, 0.15) is 0 Å². The van der Waals surface area contributed by atoms with Crippen LogP contribution in [0.4, 0.5) is 10.5 Å². The zero-order chi connectivity index (χ0) is 21.3. The summed E-state index contributed by atoms with van der Waals surface area (Å²) in [7, 11) is 1.48. The predicted molar refractivity (Wildman–Crippen MR) is 112 cm³/mol. The van der Waals surface area contributed by atoms with Crippen molar-refractivity contribution in [2.24, 2.45) is 5.73 Å². The van der Waals surface area contributed by atoms with E-state index in [4.69, 9.17) is 5.73 Å². The highest BCUT2D eigenvalue weighted by molar-refractivity contribution is 6.02. The number of amides is 4. The number of hydrogen-bond acceptors (Lipinski definition) is 4. The third-order valence-electron chi connectivity index (χ3n) is 4.87. The summed E-state index contributed by atoms with van der Waals surface area (Å²) in [6, 6.07) is 8.95. The van der Waals surface area contributed by atoms with E-state index in [0.717, 1.165) is 10.6 Å². The molecule has 0 saturated carbocycles. The molecule has 0 aliphatic carbocycles. The molecule has 1 aromatic rings. The lowest BCUT2D eigenvalue weighted by Crippen LogP contribution is -2.60. The molecule has 0 aromatic heterocycles. The van der Waals surface area contributed by atoms with Crippen molar-refractivity contribution in [1.29, 1.82) is 0 Å². The van der Waals surface area contributed by atoms with Gasteiger partial charge in [-0.25, -0.2) is 4.79 Å². The molecule has 1 aliphatic heterocycles. The van der Waals surface area contributed by atoms with E-state index in [-0.39, 0.29) is 24.4 Å². The van der Waals surface area contributed by atoms with E-state index in [1.807, 2.05) is 37.3 Å². The van der Waals surface area contributed by atoms with E-state index in [1.165, 1.54) is 20.4 Å². The molecule has 0 radical (unpaired) electrons. The molecule has 1 saturated heterocycles. The van der Waals surface area contributed by atoms with Gasteiger partial charge in [0.2, 0.25) is 11.8 Å². The molecule has 1 aromatic carbocycles. The van der Waals surface area contributed by atoms with Gasteiger partial charge in [-0.05, 0) is 31.9 Å². The minimum atomic E-state index is -0.493. The Labute approximate surface area is 168 Å². The number of para-hydroxylation sites is 1. The molecule has 1 fully saturated rings. The van der Waals surface area contributed by atoms with E-state index >= 15 is 0 Å². The van der Waals surface area contributed by atoms with Crippen LogP contribution in [0.25, 0.3) is 0 Å². The number of benzene rings is 1. The van der Waals surface area contributed by atoms with Crippen LogP contribution in [0.15, 0.2) is 30.3 Å². The molecule has 2 N–H and O–H groups in total. The monoisotopic (exact) mass is 390 g/mol. The largest absolute Gasteiger partial charge is 0.341 e.